The van der Waals surface area contributed by atoms with Crippen molar-refractivity contribution in [2.75, 3.05) is 26.3 Å². The molecule has 29 heavy (non-hydrogen) atoms. The predicted molar refractivity (Wildman–Crippen MR) is 111 cm³/mol. The quantitative estimate of drug-likeness (QED) is 0.705. The Labute approximate surface area is 178 Å². The lowest BCUT2D eigenvalue weighted by molar-refractivity contribution is -0.141. The SMILES string of the molecule is Cc1cc(Cl)ccc1S(=O)(=O)N1CCC(N(C(=O)C2CC2)C2CCOCC2)CC1. The molecule has 1 aromatic carbocycles. The van der Waals surface area contributed by atoms with Crippen LogP contribution in [0.25, 0.3) is 0 Å². The van der Waals surface area contributed by atoms with E-state index in [0.29, 0.717) is 54.6 Å². The number of amides is 1. The molecule has 2 saturated heterocycles. The van der Waals surface area contributed by atoms with Crippen LogP contribution in [0.3, 0.4) is 0 Å². The number of carbonyl (C=O) groups excluding carboxylic acids is 1. The smallest absolute Gasteiger partial charge is 0.243 e. The molecule has 0 spiro atoms. The van der Waals surface area contributed by atoms with Gasteiger partial charge in [-0.3, -0.25) is 4.79 Å². The first-order valence-corrected chi connectivity index (χ1v) is 12.4. The van der Waals surface area contributed by atoms with Crippen LogP contribution in [0.1, 0.15) is 44.1 Å². The first-order chi connectivity index (χ1) is 13.9. The molecule has 3 fully saturated rings. The van der Waals surface area contributed by atoms with E-state index in [2.05, 4.69) is 4.90 Å². The van der Waals surface area contributed by atoms with Crippen LogP contribution < -0.4 is 0 Å². The summed E-state index contributed by atoms with van der Waals surface area (Å²) in [4.78, 5) is 15.4. The molecular formula is C21H29ClN2O4S. The number of ether oxygens (including phenoxy) is 1. The average molecular weight is 441 g/mol. The van der Waals surface area contributed by atoms with Crippen molar-refractivity contribution in [1.82, 2.24) is 9.21 Å². The first kappa shape index (κ1) is 21.1. The van der Waals surface area contributed by atoms with Crippen molar-refractivity contribution in [2.24, 2.45) is 5.92 Å². The van der Waals surface area contributed by atoms with Gasteiger partial charge >= 0.3 is 0 Å². The van der Waals surface area contributed by atoms with Crippen molar-refractivity contribution >= 4 is 27.5 Å². The van der Waals surface area contributed by atoms with E-state index < -0.39 is 10.0 Å². The van der Waals surface area contributed by atoms with Gasteiger partial charge in [-0.15, -0.1) is 0 Å². The third-order valence-corrected chi connectivity index (χ3v) is 8.63. The highest BCUT2D eigenvalue weighted by molar-refractivity contribution is 7.89. The Bertz CT molecular complexity index is 857. The molecule has 160 valence electrons. The minimum absolute atomic E-state index is 0.115. The lowest BCUT2D eigenvalue weighted by Gasteiger charge is -2.43. The lowest BCUT2D eigenvalue weighted by atomic mass is 9.98. The molecule has 2 aliphatic heterocycles. The van der Waals surface area contributed by atoms with E-state index in [0.717, 1.165) is 25.7 Å². The van der Waals surface area contributed by atoms with Gasteiger partial charge in [0.2, 0.25) is 15.9 Å². The highest BCUT2D eigenvalue weighted by atomic mass is 35.5. The molecule has 0 unspecified atom stereocenters. The van der Waals surface area contributed by atoms with Gasteiger partial charge in [-0.05, 0) is 69.2 Å². The van der Waals surface area contributed by atoms with Crippen molar-refractivity contribution < 1.29 is 17.9 Å². The van der Waals surface area contributed by atoms with Crippen molar-refractivity contribution in [3.05, 3.63) is 28.8 Å². The van der Waals surface area contributed by atoms with E-state index in [4.69, 9.17) is 16.3 Å². The Balaban J connectivity index is 1.47. The summed E-state index contributed by atoms with van der Waals surface area (Å²) in [5.74, 6) is 0.447. The fraction of sp³-hybridized carbons (Fsp3) is 0.667. The summed E-state index contributed by atoms with van der Waals surface area (Å²) in [6.45, 7) is 4.04. The van der Waals surface area contributed by atoms with Crippen LogP contribution in [0.5, 0.6) is 0 Å². The summed E-state index contributed by atoms with van der Waals surface area (Å²) in [6.07, 6.45) is 5.09. The molecule has 0 N–H and O–H groups in total. The molecule has 8 heteroatoms. The minimum Gasteiger partial charge on any atom is -0.381 e. The zero-order valence-electron chi connectivity index (χ0n) is 16.8. The molecule has 3 aliphatic rings. The summed E-state index contributed by atoms with van der Waals surface area (Å²) < 4.78 is 33.3. The number of carbonyl (C=O) groups is 1. The second-order valence-electron chi connectivity index (χ2n) is 8.41. The fourth-order valence-electron chi connectivity index (χ4n) is 4.56. The molecule has 1 saturated carbocycles. The van der Waals surface area contributed by atoms with E-state index in [9.17, 15) is 13.2 Å². The Kier molecular flexibility index (Phi) is 6.21. The van der Waals surface area contributed by atoms with Crippen LogP contribution >= 0.6 is 11.6 Å². The predicted octanol–water partition coefficient (Wildman–Crippen LogP) is 3.22. The maximum atomic E-state index is 13.1. The number of piperidine rings is 1. The Morgan fingerprint density at radius 3 is 2.28 bits per heavy atom. The summed E-state index contributed by atoms with van der Waals surface area (Å²) in [6, 6.07) is 5.23. The van der Waals surface area contributed by atoms with Crippen LogP contribution in [0.2, 0.25) is 5.02 Å². The van der Waals surface area contributed by atoms with Gasteiger partial charge in [0.15, 0.2) is 0 Å². The molecule has 0 atom stereocenters. The van der Waals surface area contributed by atoms with Crippen molar-refractivity contribution in [1.29, 1.82) is 0 Å². The fourth-order valence-corrected chi connectivity index (χ4v) is 6.47. The Hall–Kier alpha value is -1.15. The number of nitrogens with zero attached hydrogens (tertiary/aromatic N) is 2. The summed E-state index contributed by atoms with van der Waals surface area (Å²) in [5, 5.41) is 0.533. The summed E-state index contributed by atoms with van der Waals surface area (Å²) in [5.41, 5.74) is 0.660. The van der Waals surface area contributed by atoms with E-state index in [-0.39, 0.29) is 23.9 Å². The van der Waals surface area contributed by atoms with Crippen molar-refractivity contribution in [3.8, 4) is 0 Å². The average Bonchev–Trinajstić information content (AvgIpc) is 3.54. The zero-order chi connectivity index (χ0) is 20.6. The molecule has 0 radical (unpaired) electrons. The van der Waals surface area contributed by atoms with Gasteiger partial charge in [0, 0.05) is 49.3 Å². The molecule has 6 nitrogen and oxygen atoms in total. The van der Waals surface area contributed by atoms with Crippen LogP contribution in [-0.4, -0.2) is 61.9 Å². The van der Waals surface area contributed by atoms with Gasteiger partial charge in [-0.2, -0.15) is 4.31 Å². The highest BCUT2D eigenvalue weighted by Crippen LogP contribution is 2.36. The first-order valence-electron chi connectivity index (χ1n) is 10.5. The molecular weight excluding hydrogens is 412 g/mol. The normalized spacial score (nSPS) is 22.6. The van der Waals surface area contributed by atoms with E-state index in [1.54, 1.807) is 29.4 Å². The van der Waals surface area contributed by atoms with E-state index >= 15 is 0 Å². The molecule has 1 aromatic rings. The second kappa shape index (κ2) is 8.53. The number of halogens is 1. The molecule has 1 amide bonds. The summed E-state index contributed by atoms with van der Waals surface area (Å²) in [7, 11) is -3.56. The second-order valence-corrected chi connectivity index (χ2v) is 10.8. The van der Waals surface area contributed by atoms with Gasteiger partial charge < -0.3 is 9.64 Å². The van der Waals surface area contributed by atoms with Gasteiger partial charge in [-0.1, -0.05) is 11.6 Å². The maximum Gasteiger partial charge on any atom is 0.243 e. The largest absolute Gasteiger partial charge is 0.381 e. The minimum atomic E-state index is -3.56. The van der Waals surface area contributed by atoms with Crippen molar-refractivity contribution in [3.63, 3.8) is 0 Å². The van der Waals surface area contributed by atoms with Crippen LogP contribution in [0, 0.1) is 12.8 Å². The molecule has 0 aromatic heterocycles. The number of hydrogen-bond donors (Lipinski definition) is 0. The van der Waals surface area contributed by atoms with Gasteiger partial charge in [-0.25, -0.2) is 8.42 Å². The molecule has 2 heterocycles. The zero-order valence-corrected chi connectivity index (χ0v) is 18.4. The molecule has 0 bridgehead atoms. The number of benzene rings is 1. The standard InChI is InChI=1S/C21H29ClN2O4S/c1-15-14-17(22)4-5-20(15)29(26,27)23-10-6-18(7-11-23)24(21(25)16-2-3-16)19-8-12-28-13-9-19/h4-5,14,16,18-19H,2-3,6-13H2,1H3. The third-order valence-electron chi connectivity index (χ3n) is 6.34. The topological polar surface area (TPSA) is 66.9 Å². The van der Waals surface area contributed by atoms with Crippen molar-refractivity contribution in [2.45, 2.75) is 62.4 Å². The Morgan fingerprint density at radius 1 is 1.07 bits per heavy atom. The number of aryl methyl sites for hydroxylation is 1. The van der Waals surface area contributed by atoms with Gasteiger partial charge in [0.25, 0.3) is 0 Å². The lowest BCUT2D eigenvalue weighted by Crippen LogP contribution is -2.54. The third kappa shape index (κ3) is 4.48. The summed E-state index contributed by atoms with van der Waals surface area (Å²) >= 11 is 5.99. The van der Waals surface area contributed by atoms with E-state index in [1.165, 1.54) is 0 Å². The van der Waals surface area contributed by atoms with Gasteiger partial charge in [0.1, 0.15) is 0 Å². The number of rotatable bonds is 5. The highest BCUT2D eigenvalue weighted by Gasteiger charge is 2.42. The Morgan fingerprint density at radius 2 is 1.69 bits per heavy atom. The number of hydrogen-bond acceptors (Lipinski definition) is 4. The molecule has 1 aliphatic carbocycles. The van der Waals surface area contributed by atoms with Crippen LogP contribution in [0.4, 0.5) is 0 Å². The van der Waals surface area contributed by atoms with Crippen LogP contribution in [-0.2, 0) is 19.6 Å². The van der Waals surface area contributed by atoms with Gasteiger partial charge in [0.05, 0.1) is 4.90 Å². The van der Waals surface area contributed by atoms with Crippen LogP contribution in [0.15, 0.2) is 23.1 Å². The maximum absolute atomic E-state index is 13.1. The number of sulfonamides is 1. The van der Waals surface area contributed by atoms with E-state index in [1.807, 2.05) is 0 Å². The molecule has 4 rings (SSSR count). The monoisotopic (exact) mass is 440 g/mol.